The van der Waals surface area contributed by atoms with Gasteiger partial charge in [-0.3, -0.25) is 9.59 Å². The van der Waals surface area contributed by atoms with Crippen molar-refractivity contribution in [2.45, 2.75) is 32.4 Å². The molecular formula is C20H24N4O3. The molecule has 0 N–H and O–H groups in total. The van der Waals surface area contributed by atoms with E-state index < -0.39 is 0 Å². The largest absolute Gasteiger partial charge is 0.497 e. The molecule has 0 spiro atoms. The summed E-state index contributed by atoms with van der Waals surface area (Å²) in [5, 5.41) is 4.22. The molecule has 1 aromatic carbocycles. The highest BCUT2D eigenvalue weighted by Gasteiger charge is 2.22. The van der Waals surface area contributed by atoms with Gasteiger partial charge in [0.1, 0.15) is 12.3 Å². The van der Waals surface area contributed by atoms with E-state index in [-0.39, 0.29) is 18.0 Å². The van der Waals surface area contributed by atoms with Gasteiger partial charge in [0.25, 0.3) is 5.56 Å². The van der Waals surface area contributed by atoms with E-state index in [0.29, 0.717) is 13.1 Å². The number of fused-ring (bicyclic) bond motifs is 1. The monoisotopic (exact) mass is 368 g/mol. The standard InChI is InChI=1S/C20H24N4O3/c1-27-18-5-4-16-13-23(9-6-15(16)10-18)20(26)14-24-19(25)11-17(12-21-24)22-7-2-3-8-22/h4-5,10-12H,2-3,6-9,13-14H2,1H3. The van der Waals surface area contributed by atoms with Crippen molar-refractivity contribution >= 4 is 11.6 Å². The van der Waals surface area contributed by atoms with Gasteiger partial charge in [-0.2, -0.15) is 5.10 Å². The third kappa shape index (κ3) is 3.67. The van der Waals surface area contributed by atoms with E-state index in [1.807, 2.05) is 18.2 Å². The van der Waals surface area contributed by atoms with E-state index in [4.69, 9.17) is 4.74 Å². The first kappa shape index (κ1) is 17.6. The maximum Gasteiger partial charge on any atom is 0.269 e. The molecule has 0 unspecified atom stereocenters. The fourth-order valence-electron chi connectivity index (χ4n) is 3.79. The summed E-state index contributed by atoms with van der Waals surface area (Å²) in [6.45, 7) is 3.09. The first-order valence-corrected chi connectivity index (χ1v) is 9.40. The minimum Gasteiger partial charge on any atom is -0.497 e. The van der Waals surface area contributed by atoms with Gasteiger partial charge in [-0.05, 0) is 42.5 Å². The molecule has 1 saturated heterocycles. The van der Waals surface area contributed by atoms with Crippen LogP contribution in [0.5, 0.6) is 5.75 Å². The van der Waals surface area contributed by atoms with Crippen molar-refractivity contribution in [3.63, 3.8) is 0 Å². The highest BCUT2D eigenvalue weighted by atomic mass is 16.5. The molecule has 0 saturated carbocycles. The first-order valence-electron chi connectivity index (χ1n) is 9.40. The summed E-state index contributed by atoms with van der Waals surface area (Å²) in [4.78, 5) is 29.0. The van der Waals surface area contributed by atoms with Crippen LogP contribution < -0.4 is 15.2 Å². The number of carbonyl (C=O) groups is 1. The van der Waals surface area contributed by atoms with Crippen LogP contribution in [0.25, 0.3) is 0 Å². The maximum absolute atomic E-state index is 12.7. The van der Waals surface area contributed by atoms with Gasteiger partial charge in [0.2, 0.25) is 5.91 Å². The number of hydrogen-bond acceptors (Lipinski definition) is 5. The summed E-state index contributed by atoms with van der Waals surface area (Å²) in [5.41, 5.74) is 2.96. The number of nitrogens with zero attached hydrogens (tertiary/aromatic N) is 4. The van der Waals surface area contributed by atoms with Crippen molar-refractivity contribution in [1.82, 2.24) is 14.7 Å². The minimum absolute atomic E-state index is 0.0232. The van der Waals surface area contributed by atoms with Gasteiger partial charge >= 0.3 is 0 Å². The van der Waals surface area contributed by atoms with Gasteiger partial charge in [0.15, 0.2) is 0 Å². The smallest absolute Gasteiger partial charge is 0.269 e. The molecule has 4 rings (SSSR count). The lowest BCUT2D eigenvalue weighted by Crippen LogP contribution is -2.40. The Bertz CT molecular complexity index is 902. The second-order valence-electron chi connectivity index (χ2n) is 7.10. The topological polar surface area (TPSA) is 67.7 Å². The Kier molecular flexibility index (Phi) is 4.83. The molecule has 2 aliphatic heterocycles. The predicted molar refractivity (Wildman–Crippen MR) is 102 cm³/mol. The molecule has 0 radical (unpaired) electrons. The van der Waals surface area contributed by atoms with E-state index in [1.54, 1.807) is 24.3 Å². The molecule has 7 heteroatoms. The number of benzene rings is 1. The number of anilines is 1. The molecule has 142 valence electrons. The Morgan fingerprint density at radius 3 is 2.70 bits per heavy atom. The van der Waals surface area contributed by atoms with Crippen LogP contribution in [0.15, 0.2) is 35.3 Å². The van der Waals surface area contributed by atoms with Gasteiger partial charge in [0.05, 0.1) is 19.0 Å². The minimum atomic E-state index is -0.227. The maximum atomic E-state index is 12.7. The van der Waals surface area contributed by atoms with Crippen LogP contribution in [0.4, 0.5) is 5.69 Å². The number of methoxy groups -OCH3 is 1. The van der Waals surface area contributed by atoms with Gasteiger partial charge in [-0.15, -0.1) is 0 Å². The molecule has 0 aliphatic carbocycles. The molecule has 0 atom stereocenters. The van der Waals surface area contributed by atoms with Crippen LogP contribution in [0.3, 0.4) is 0 Å². The van der Waals surface area contributed by atoms with Crippen LogP contribution in [0.1, 0.15) is 24.0 Å². The zero-order chi connectivity index (χ0) is 18.8. The third-order valence-electron chi connectivity index (χ3n) is 5.39. The van der Waals surface area contributed by atoms with Crippen LogP contribution in [0.2, 0.25) is 0 Å². The van der Waals surface area contributed by atoms with Crippen LogP contribution in [0, 0.1) is 0 Å². The fraction of sp³-hybridized carbons (Fsp3) is 0.450. The summed E-state index contributed by atoms with van der Waals surface area (Å²) in [7, 11) is 1.65. The van der Waals surface area contributed by atoms with E-state index in [1.165, 1.54) is 10.2 Å². The average molecular weight is 368 g/mol. The lowest BCUT2D eigenvalue weighted by Gasteiger charge is -2.29. The Morgan fingerprint density at radius 2 is 1.96 bits per heavy atom. The van der Waals surface area contributed by atoms with Crippen molar-refractivity contribution in [1.29, 1.82) is 0 Å². The van der Waals surface area contributed by atoms with Gasteiger partial charge < -0.3 is 14.5 Å². The van der Waals surface area contributed by atoms with Crippen molar-refractivity contribution in [2.24, 2.45) is 0 Å². The van der Waals surface area contributed by atoms with E-state index in [9.17, 15) is 9.59 Å². The number of rotatable bonds is 4. The highest BCUT2D eigenvalue weighted by molar-refractivity contribution is 5.76. The summed E-state index contributed by atoms with van der Waals surface area (Å²) in [6, 6.07) is 7.53. The highest BCUT2D eigenvalue weighted by Crippen LogP contribution is 2.24. The Balaban J connectivity index is 1.44. The molecule has 3 heterocycles. The normalized spacial score (nSPS) is 16.3. The molecule has 27 heavy (non-hydrogen) atoms. The summed E-state index contributed by atoms with van der Waals surface area (Å²) >= 11 is 0. The van der Waals surface area contributed by atoms with Crippen molar-refractivity contribution in [2.75, 3.05) is 31.6 Å². The Hall–Kier alpha value is -2.83. The molecule has 0 bridgehead atoms. The predicted octanol–water partition coefficient (Wildman–Crippen LogP) is 1.44. The fourth-order valence-corrected chi connectivity index (χ4v) is 3.79. The Morgan fingerprint density at radius 1 is 1.15 bits per heavy atom. The molecule has 1 fully saturated rings. The van der Waals surface area contributed by atoms with Crippen LogP contribution in [-0.4, -0.2) is 47.3 Å². The molecule has 1 amide bonds. The number of carbonyl (C=O) groups excluding carboxylic acids is 1. The average Bonchev–Trinajstić information content (AvgIpc) is 3.23. The number of ether oxygens (including phenoxy) is 1. The number of amides is 1. The van der Waals surface area contributed by atoms with Gasteiger partial charge in [0, 0.05) is 32.2 Å². The van der Waals surface area contributed by atoms with E-state index in [2.05, 4.69) is 10.00 Å². The zero-order valence-electron chi connectivity index (χ0n) is 15.6. The van der Waals surface area contributed by atoms with Gasteiger partial charge in [-0.25, -0.2) is 4.68 Å². The lowest BCUT2D eigenvalue weighted by molar-refractivity contribution is -0.133. The van der Waals surface area contributed by atoms with Crippen molar-refractivity contribution in [3.8, 4) is 5.75 Å². The number of aromatic nitrogens is 2. The molecular weight excluding hydrogens is 344 g/mol. The van der Waals surface area contributed by atoms with Gasteiger partial charge in [-0.1, -0.05) is 6.07 Å². The summed E-state index contributed by atoms with van der Waals surface area (Å²) in [6.07, 6.45) is 4.76. The summed E-state index contributed by atoms with van der Waals surface area (Å²) < 4.78 is 6.52. The molecule has 1 aromatic heterocycles. The molecule has 2 aromatic rings. The van der Waals surface area contributed by atoms with E-state index >= 15 is 0 Å². The first-order chi connectivity index (χ1) is 13.1. The summed E-state index contributed by atoms with van der Waals surface area (Å²) in [5.74, 6) is 0.752. The third-order valence-corrected chi connectivity index (χ3v) is 5.39. The second-order valence-corrected chi connectivity index (χ2v) is 7.10. The van der Waals surface area contributed by atoms with E-state index in [0.717, 1.165) is 49.4 Å². The lowest BCUT2D eigenvalue weighted by atomic mass is 9.99. The SMILES string of the molecule is COc1ccc2c(c1)CCN(C(=O)Cn1ncc(N3CCCC3)cc1=O)C2. The second kappa shape index (κ2) is 7.42. The molecule has 7 nitrogen and oxygen atoms in total. The zero-order valence-corrected chi connectivity index (χ0v) is 15.6. The molecule has 2 aliphatic rings. The quantitative estimate of drug-likeness (QED) is 0.817. The van der Waals surface area contributed by atoms with Crippen LogP contribution in [-0.2, 0) is 24.3 Å². The van der Waals surface area contributed by atoms with Crippen molar-refractivity contribution < 1.29 is 9.53 Å². The Labute approximate surface area is 158 Å². The van der Waals surface area contributed by atoms with Crippen molar-refractivity contribution in [3.05, 3.63) is 51.9 Å². The van der Waals surface area contributed by atoms with Crippen LogP contribution >= 0.6 is 0 Å². The number of hydrogen-bond donors (Lipinski definition) is 0.